The number of nitrogens with zero attached hydrogens (tertiary/aromatic N) is 1. The molecule has 0 bridgehead atoms. The molecule has 2 aromatic rings. The van der Waals surface area contributed by atoms with Crippen LogP contribution in [0.1, 0.15) is 37.7 Å². The van der Waals surface area contributed by atoms with Crippen LogP contribution in [-0.2, 0) is 11.3 Å². The van der Waals surface area contributed by atoms with Crippen molar-refractivity contribution in [3.8, 4) is 17.6 Å². The van der Waals surface area contributed by atoms with Gasteiger partial charge in [0.15, 0.2) is 0 Å². The topological polar surface area (TPSA) is 62.1 Å². The van der Waals surface area contributed by atoms with Crippen LogP contribution in [0, 0.1) is 22.6 Å². The van der Waals surface area contributed by atoms with Crippen LogP contribution in [0.3, 0.4) is 0 Å². The van der Waals surface area contributed by atoms with Crippen LogP contribution in [0.5, 0.6) is 11.5 Å². The van der Waals surface area contributed by atoms with E-state index in [9.17, 15) is 14.4 Å². The second-order valence-electron chi connectivity index (χ2n) is 6.64. The van der Waals surface area contributed by atoms with Crippen molar-refractivity contribution in [2.75, 3.05) is 0 Å². The monoisotopic (exact) mass is 352 g/mol. The number of benzene rings is 2. The molecule has 0 atom stereocenters. The molecule has 134 valence electrons. The fourth-order valence-corrected chi connectivity index (χ4v) is 3.21. The van der Waals surface area contributed by atoms with E-state index in [4.69, 9.17) is 4.74 Å². The number of hydrogen-bond donors (Lipinski definition) is 1. The number of carbonyl (C=O) groups is 1. The van der Waals surface area contributed by atoms with Crippen molar-refractivity contribution < 1.29 is 13.9 Å². The highest BCUT2D eigenvalue weighted by molar-refractivity contribution is 5.85. The van der Waals surface area contributed by atoms with E-state index in [0.29, 0.717) is 30.9 Å². The van der Waals surface area contributed by atoms with Crippen LogP contribution in [0.2, 0.25) is 0 Å². The summed E-state index contributed by atoms with van der Waals surface area (Å²) < 4.78 is 18.6. The van der Waals surface area contributed by atoms with E-state index in [2.05, 4.69) is 11.4 Å². The molecular formula is C21H21FN2O2. The molecule has 0 radical (unpaired) electrons. The fraction of sp³-hybridized carbons (Fsp3) is 0.333. The lowest BCUT2D eigenvalue weighted by Crippen LogP contribution is -2.41. The van der Waals surface area contributed by atoms with Crippen LogP contribution >= 0.6 is 0 Å². The summed E-state index contributed by atoms with van der Waals surface area (Å²) in [5.74, 6) is 0.705. The SMILES string of the molecule is N#CC1(C(=O)NCc2ccc(Oc3ccc(F)cc3)cc2)CCCCC1. The standard InChI is InChI=1S/C21H21FN2O2/c22-17-6-10-19(11-7-17)26-18-8-4-16(5-9-18)14-24-20(25)21(15-23)12-2-1-3-13-21/h4-11H,1-3,12-14H2,(H,24,25). The molecule has 1 amide bonds. The van der Waals surface area contributed by atoms with Crippen LogP contribution < -0.4 is 10.1 Å². The second kappa shape index (κ2) is 8.01. The van der Waals surface area contributed by atoms with E-state index in [1.165, 1.54) is 12.1 Å². The number of halogens is 1. The van der Waals surface area contributed by atoms with Crippen LogP contribution in [0.4, 0.5) is 4.39 Å². The number of carbonyl (C=O) groups excluding carboxylic acids is 1. The minimum atomic E-state index is -0.871. The van der Waals surface area contributed by atoms with Gasteiger partial charge < -0.3 is 10.1 Å². The van der Waals surface area contributed by atoms with Crippen molar-refractivity contribution in [3.63, 3.8) is 0 Å². The van der Waals surface area contributed by atoms with Gasteiger partial charge in [0.1, 0.15) is 22.7 Å². The highest BCUT2D eigenvalue weighted by Gasteiger charge is 2.39. The number of nitriles is 1. The highest BCUT2D eigenvalue weighted by atomic mass is 19.1. The zero-order valence-electron chi connectivity index (χ0n) is 14.5. The van der Waals surface area contributed by atoms with E-state index in [1.807, 2.05) is 12.1 Å². The highest BCUT2D eigenvalue weighted by Crippen LogP contribution is 2.35. The average Bonchev–Trinajstić information content (AvgIpc) is 2.69. The number of rotatable bonds is 5. The minimum Gasteiger partial charge on any atom is -0.457 e. The largest absolute Gasteiger partial charge is 0.457 e. The minimum absolute atomic E-state index is 0.175. The molecule has 1 saturated carbocycles. The van der Waals surface area contributed by atoms with Crippen molar-refractivity contribution in [1.29, 1.82) is 5.26 Å². The third-order valence-electron chi connectivity index (χ3n) is 4.78. The predicted octanol–water partition coefficient (Wildman–Crippen LogP) is 4.71. The molecule has 1 aliphatic carbocycles. The summed E-state index contributed by atoms with van der Waals surface area (Å²) in [5, 5.41) is 12.3. The molecular weight excluding hydrogens is 331 g/mol. The Hall–Kier alpha value is -2.87. The summed E-state index contributed by atoms with van der Waals surface area (Å²) in [6, 6.07) is 15.4. The predicted molar refractivity (Wildman–Crippen MR) is 95.9 cm³/mol. The van der Waals surface area contributed by atoms with Gasteiger partial charge in [-0.1, -0.05) is 31.4 Å². The Morgan fingerprint density at radius 2 is 1.62 bits per heavy atom. The molecule has 0 aliphatic heterocycles. The smallest absolute Gasteiger partial charge is 0.240 e. The van der Waals surface area contributed by atoms with Gasteiger partial charge >= 0.3 is 0 Å². The summed E-state index contributed by atoms with van der Waals surface area (Å²) in [6.45, 7) is 0.374. The molecule has 3 rings (SSSR count). The molecule has 0 saturated heterocycles. The average molecular weight is 352 g/mol. The van der Waals surface area contributed by atoms with Gasteiger partial charge in [0, 0.05) is 6.54 Å². The zero-order valence-corrected chi connectivity index (χ0v) is 14.5. The van der Waals surface area contributed by atoms with Crippen molar-refractivity contribution >= 4 is 5.91 Å². The maximum Gasteiger partial charge on any atom is 0.240 e. The number of amides is 1. The fourth-order valence-electron chi connectivity index (χ4n) is 3.21. The lowest BCUT2D eigenvalue weighted by molar-refractivity contribution is -0.129. The summed E-state index contributed by atoms with van der Waals surface area (Å²) in [7, 11) is 0. The van der Waals surface area contributed by atoms with Gasteiger partial charge in [0.05, 0.1) is 6.07 Å². The third kappa shape index (κ3) is 4.20. The quantitative estimate of drug-likeness (QED) is 0.848. The molecule has 2 aromatic carbocycles. The van der Waals surface area contributed by atoms with Gasteiger partial charge in [0.2, 0.25) is 5.91 Å². The van der Waals surface area contributed by atoms with E-state index in [1.54, 1.807) is 24.3 Å². The maximum absolute atomic E-state index is 12.9. The Labute approximate surface area is 152 Å². The third-order valence-corrected chi connectivity index (χ3v) is 4.78. The van der Waals surface area contributed by atoms with Crippen molar-refractivity contribution in [2.24, 2.45) is 5.41 Å². The first-order chi connectivity index (χ1) is 12.6. The molecule has 0 spiro atoms. The summed E-state index contributed by atoms with van der Waals surface area (Å²) >= 11 is 0. The first-order valence-electron chi connectivity index (χ1n) is 8.83. The van der Waals surface area contributed by atoms with E-state index < -0.39 is 5.41 Å². The Bertz CT molecular complexity index is 788. The Morgan fingerprint density at radius 1 is 1.04 bits per heavy atom. The zero-order chi connectivity index (χ0) is 18.4. The van der Waals surface area contributed by atoms with Gasteiger partial charge in [-0.05, 0) is 54.8 Å². The lowest BCUT2D eigenvalue weighted by Gasteiger charge is -2.29. The Kier molecular flexibility index (Phi) is 5.52. The Morgan fingerprint density at radius 3 is 2.19 bits per heavy atom. The molecule has 26 heavy (non-hydrogen) atoms. The molecule has 1 fully saturated rings. The number of hydrogen-bond acceptors (Lipinski definition) is 3. The van der Waals surface area contributed by atoms with Gasteiger partial charge in [0.25, 0.3) is 0 Å². The van der Waals surface area contributed by atoms with E-state index >= 15 is 0 Å². The second-order valence-corrected chi connectivity index (χ2v) is 6.64. The molecule has 4 nitrogen and oxygen atoms in total. The molecule has 0 heterocycles. The van der Waals surface area contributed by atoms with E-state index in [-0.39, 0.29) is 11.7 Å². The molecule has 0 unspecified atom stereocenters. The van der Waals surface area contributed by atoms with Crippen LogP contribution in [-0.4, -0.2) is 5.91 Å². The first kappa shape index (κ1) is 17.9. The van der Waals surface area contributed by atoms with Gasteiger partial charge in [-0.2, -0.15) is 5.26 Å². The summed E-state index contributed by atoms with van der Waals surface area (Å²) in [4.78, 5) is 12.5. The summed E-state index contributed by atoms with van der Waals surface area (Å²) in [5.41, 5.74) is 0.0536. The van der Waals surface area contributed by atoms with Gasteiger partial charge in [-0.25, -0.2) is 4.39 Å². The molecule has 1 N–H and O–H groups in total. The van der Waals surface area contributed by atoms with Crippen molar-refractivity contribution in [2.45, 2.75) is 38.6 Å². The first-order valence-corrected chi connectivity index (χ1v) is 8.83. The molecule has 1 aliphatic rings. The summed E-state index contributed by atoms with van der Waals surface area (Å²) in [6.07, 6.45) is 4.22. The normalized spacial score (nSPS) is 15.7. The maximum atomic E-state index is 12.9. The van der Waals surface area contributed by atoms with Crippen molar-refractivity contribution in [3.05, 3.63) is 59.9 Å². The van der Waals surface area contributed by atoms with Crippen LogP contribution in [0.15, 0.2) is 48.5 Å². The molecule has 5 heteroatoms. The molecule has 0 aromatic heterocycles. The number of ether oxygens (including phenoxy) is 1. The van der Waals surface area contributed by atoms with Gasteiger partial charge in [-0.3, -0.25) is 4.79 Å². The Balaban J connectivity index is 1.56. The number of nitrogens with one attached hydrogen (secondary N) is 1. The van der Waals surface area contributed by atoms with Gasteiger partial charge in [-0.15, -0.1) is 0 Å². The van der Waals surface area contributed by atoms with Crippen molar-refractivity contribution in [1.82, 2.24) is 5.32 Å². The van der Waals surface area contributed by atoms with Crippen LogP contribution in [0.25, 0.3) is 0 Å². The van der Waals surface area contributed by atoms with E-state index in [0.717, 1.165) is 24.8 Å². The lowest BCUT2D eigenvalue weighted by atomic mass is 9.74.